The number of benzene rings is 1. The van der Waals surface area contributed by atoms with Crippen molar-refractivity contribution in [1.82, 2.24) is 14.8 Å². The lowest BCUT2D eigenvalue weighted by molar-refractivity contribution is -0.385. The Morgan fingerprint density at radius 2 is 1.96 bits per heavy atom. The van der Waals surface area contributed by atoms with Gasteiger partial charge < -0.3 is 5.32 Å². The van der Waals surface area contributed by atoms with Crippen molar-refractivity contribution in [3.63, 3.8) is 0 Å². The lowest BCUT2D eigenvalue weighted by atomic mass is 10.2. The van der Waals surface area contributed by atoms with Gasteiger partial charge in [-0.1, -0.05) is 0 Å². The zero-order valence-corrected chi connectivity index (χ0v) is 16.2. The van der Waals surface area contributed by atoms with Gasteiger partial charge in [0.05, 0.1) is 9.82 Å². The third-order valence-electron chi connectivity index (χ3n) is 3.78. The molecule has 146 valence electrons. The number of carbonyl (C=O) groups is 1. The van der Waals surface area contributed by atoms with Crippen LogP contribution in [0, 0.1) is 17.0 Å². The van der Waals surface area contributed by atoms with Crippen molar-refractivity contribution in [2.75, 3.05) is 10.0 Å². The van der Waals surface area contributed by atoms with E-state index in [1.54, 1.807) is 5.38 Å². The minimum Gasteiger partial charge on any atom is -0.320 e. The molecule has 0 saturated heterocycles. The van der Waals surface area contributed by atoms with Crippen molar-refractivity contribution in [1.29, 1.82) is 0 Å². The Kier molecular flexibility index (Phi) is 5.11. The number of aromatic nitrogens is 3. The number of aryl methyl sites for hydroxylation is 1. The number of rotatable bonds is 6. The maximum Gasteiger partial charge on any atom is 0.322 e. The molecule has 0 radical (unpaired) electrons. The summed E-state index contributed by atoms with van der Waals surface area (Å²) in [7, 11) is -2.33. The molecule has 0 aliphatic carbocycles. The predicted octanol–water partition coefficient (Wildman–Crippen LogP) is 2.15. The molecule has 3 rings (SSSR count). The Morgan fingerprint density at radius 3 is 2.54 bits per heavy atom. The molecule has 1 aromatic carbocycles. The highest BCUT2D eigenvalue weighted by Crippen LogP contribution is 2.24. The van der Waals surface area contributed by atoms with Crippen LogP contribution < -0.4 is 10.0 Å². The van der Waals surface area contributed by atoms with Crippen molar-refractivity contribution < 1.29 is 18.1 Å². The van der Waals surface area contributed by atoms with Crippen LogP contribution in [0.5, 0.6) is 0 Å². The summed E-state index contributed by atoms with van der Waals surface area (Å²) < 4.78 is 28.2. The number of thiazole rings is 1. The zero-order valence-electron chi connectivity index (χ0n) is 14.6. The van der Waals surface area contributed by atoms with Crippen LogP contribution in [0.1, 0.15) is 16.2 Å². The topological polar surface area (TPSA) is 149 Å². The maximum atomic E-state index is 12.4. The van der Waals surface area contributed by atoms with Gasteiger partial charge in [0.15, 0.2) is 5.13 Å². The molecule has 11 nitrogen and oxygen atoms in total. The largest absolute Gasteiger partial charge is 0.322 e. The van der Waals surface area contributed by atoms with E-state index in [1.807, 2.05) is 0 Å². The standard InChI is InChI=1S/C15H14N6O5S2/c1-9-13(21(23)24)12(18-20(9)2)14(22)17-10-3-5-11(6-4-10)28(25,26)19-15-16-7-8-27-15/h3-8H,1-2H3,(H,16,19)(H,17,22). The molecular formula is C15H14N6O5S2. The van der Waals surface area contributed by atoms with Crippen LogP contribution in [-0.2, 0) is 17.1 Å². The first-order chi connectivity index (χ1) is 13.2. The number of nitro groups is 1. The van der Waals surface area contributed by atoms with E-state index in [1.165, 1.54) is 49.1 Å². The average molecular weight is 422 g/mol. The fraction of sp³-hybridized carbons (Fsp3) is 0.133. The van der Waals surface area contributed by atoms with Gasteiger partial charge in [-0.2, -0.15) is 5.10 Å². The van der Waals surface area contributed by atoms with Crippen molar-refractivity contribution in [2.45, 2.75) is 11.8 Å². The highest BCUT2D eigenvalue weighted by Gasteiger charge is 2.29. The highest BCUT2D eigenvalue weighted by atomic mass is 32.2. The highest BCUT2D eigenvalue weighted by molar-refractivity contribution is 7.93. The monoisotopic (exact) mass is 422 g/mol. The molecule has 2 N–H and O–H groups in total. The summed E-state index contributed by atoms with van der Waals surface area (Å²) in [6.45, 7) is 1.48. The third kappa shape index (κ3) is 3.84. The Hall–Kier alpha value is -3.32. The number of hydrogen-bond acceptors (Lipinski definition) is 8. The van der Waals surface area contributed by atoms with Crippen LogP contribution in [0.15, 0.2) is 40.7 Å². The van der Waals surface area contributed by atoms with E-state index in [0.29, 0.717) is 0 Å². The quantitative estimate of drug-likeness (QED) is 0.456. The minimum absolute atomic E-state index is 0.0274. The summed E-state index contributed by atoms with van der Waals surface area (Å²) in [4.78, 5) is 26.7. The number of nitrogens with one attached hydrogen (secondary N) is 2. The van der Waals surface area contributed by atoms with Crippen molar-refractivity contribution in [3.05, 3.63) is 57.3 Å². The van der Waals surface area contributed by atoms with Crippen LogP contribution in [-0.4, -0.2) is 34.0 Å². The molecule has 2 aromatic heterocycles. The molecule has 0 saturated carbocycles. The molecule has 0 aliphatic rings. The number of nitrogens with zero attached hydrogens (tertiary/aromatic N) is 4. The van der Waals surface area contributed by atoms with E-state index < -0.39 is 20.9 Å². The van der Waals surface area contributed by atoms with E-state index in [9.17, 15) is 23.3 Å². The number of sulfonamides is 1. The average Bonchev–Trinajstić information content (AvgIpc) is 3.23. The van der Waals surface area contributed by atoms with Gasteiger partial charge in [0.1, 0.15) is 5.69 Å². The van der Waals surface area contributed by atoms with Gasteiger partial charge in [-0.3, -0.25) is 24.3 Å². The Morgan fingerprint density at radius 1 is 1.29 bits per heavy atom. The summed E-state index contributed by atoms with van der Waals surface area (Å²) >= 11 is 1.14. The summed E-state index contributed by atoms with van der Waals surface area (Å²) in [5.74, 6) is -0.771. The van der Waals surface area contributed by atoms with Gasteiger partial charge >= 0.3 is 5.69 Å². The fourth-order valence-corrected chi connectivity index (χ4v) is 4.11. The molecule has 28 heavy (non-hydrogen) atoms. The molecule has 0 spiro atoms. The summed E-state index contributed by atoms with van der Waals surface area (Å²) in [6.07, 6.45) is 1.47. The predicted molar refractivity (Wildman–Crippen MR) is 102 cm³/mol. The summed E-state index contributed by atoms with van der Waals surface area (Å²) in [6, 6.07) is 5.33. The Labute approximate surface area is 163 Å². The van der Waals surface area contributed by atoms with E-state index in [2.05, 4.69) is 20.1 Å². The van der Waals surface area contributed by atoms with Gasteiger partial charge in [-0.25, -0.2) is 13.4 Å². The first kappa shape index (κ1) is 19.4. The molecule has 0 fully saturated rings. The van der Waals surface area contributed by atoms with Gasteiger partial charge in [-0.15, -0.1) is 11.3 Å². The number of carbonyl (C=O) groups excluding carboxylic acids is 1. The molecule has 0 bridgehead atoms. The molecule has 0 unspecified atom stereocenters. The second-order valence-corrected chi connectivity index (χ2v) is 8.16. The lowest BCUT2D eigenvalue weighted by Crippen LogP contribution is -2.15. The Balaban J connectivity index is 1.79. The molecule has 3 aromatic rings. The molecule has 0 atom stereocenters. The smallest absolute Gasteiger partial charge is 0.320 e. The van der Waals surface area contributed by atoms with Gasteiger partial charge in [0.2, 0.25) is 5.69 Å². The second kappa shape index (κ2) is 7.36. The number of anilines is 2. The molecule has 2 heterocycles. The van der Waals surface area contributed by atoms with Crippen LogP contribution >= 0.6 is 11.3 Å². The third-order valence-corrected chi connectivity index (χ3v) is 5.95. The fourth-order valence-electron chi connectivity index (χ4n) is 2.32. The van der Waals surface area contributed by atoms with E-state index in [-0.39, 0.29) is 32.8 Å². The second-order valence-electron chi connectivity index (χ2n) is 5.58. The number of amides is 1. The summed E-state index contributed by atoms with van der Waals surface area (Å²) in [5.41, 5.74) is -0.209. The summed E-state index contributed by atoms with van der Waals surface area (Å²) in [5, 5.41) is 19.4. The molecule has 0 aliphatic heterocycles. The number of hydrogen-bond donors (Lipinski definition) is 2. The van der Waals surface area contributed by atoms with Crippen LogP contribution in [0.3, 0.4) is 0 Å². The van der Waals surface area contributed by atoms with Gasteiger partial charge in [0.25, 0.3) is 15.9 Å². The van der Waals surface area contributed by atoms with Crippen LogP contribution in [0.2, 0.25) is 0 Å². The zero-order chi connectivity index (χ0) is 20.5. The lowest BCUT2D eigenvalue weighted by Gasteiger charge is -2.07. The normalized spacial score (nSPS) is 11.2. The van der Waals surface area contributed by atoms with Crippen LogP contribution in [0.4, 0.5) is 16.5 Å². The van der Waals surface area contributed by atoms with Crippen molar-refractivity contribution in [3.8, 4) is 0 Å². The first-order valence-electron chi connectivity index (χ1n) is 7.71. The van der Waals surface area contributed by atoms with Crippen LogP contribution in [0.25, 0.3) is 0 Å². The molecule has 1 amide bonds. The van der Waals surface area contributed by atoms with Crippen molar-refractivity contribution in [2.24, 2.45) is 7.05 Å². The van der Waals surface area contributed by atoms with Gasteiger partial charge in [0, 0.05) is 24.3 Å². The van der Waals surface area contributed by atoms with E-state index in [0.717, 1.165) is 11.3 Å². The Bertz CT molecular complexity index is 1140. The van der Waals surface area contributed by atoms with E-state index in [4.69, 9.17) is 0 Å². The first-order valence-corrected chi connectivity index (χ1v) is 10.1. The van der Waals surface area contributed by atoms with E-state index >= 15 is 0 Å². The van der Waals surface area contributed by atoms with Crippen molar-refractivity contribution >= 4 is 43.8 Å². The maximum absolute atomic E-state index is 12.4. The van der Waals surface area contributed by atoms with Gasteiger partial charge in [-0.05, 0) is 31.2 Å². The molecular weight excluding hydrogens is 408 g/mol. The SMILES string of the molecule is Cc1c([N+](=O)[O-])c(C(=O)Nc2ccc(S(=O)(=O)Nc3nccs3)cc2)nn1C. The molecule has 13 heteroatoms. The minimum atomic E-state index is -3.82.